The fourth-order valence-electron chi connectivity index (χ4n) is 1.58. The zero-order valence-corrected chi connectivity index (χ0v) is 10.7. The molecule has 3 N–H and O–H groups in total. The Morgan fingerprint density at radius 1 is 1.61 bits per heavy atom. The highest BCUT2D eigenvalue weighted by molar-refractivity contribution is 5.95. The summed E-state index contributed by atoms with van der Waals surface area (Å²) in [5.41, 5.74) is 6.67. The predicted molar refractivity (Wildman–Crippen MR) is 72.4 cm³/mol. The Labute approximate surface area is 108 Å². The molecule has 0 aliphatic carbocycles. The minimum absolute atomic E-state index is 0.218. The molecule has 1 amide bonds. The zero-order chi connectivity index (χ0) is 13.5. The summed E-state index contributed by atoms with van der Waals surface area (Å²) in [7, 11) is 1.51. The van der Waals surface area contributed by atoms with Crippen LogP contribution in [0.1, 0.15) is 30.1 Å². The molecule has 0 saturated carbocycles. The fourth-order valence-corrected chi connectivity index (χ4v) is 1.58. The summed E-state index contributed by atoms with van der Waals surface area (Å²) < 4.78 is 5.07. The van der Waals surface area contributed by atoms with E-state index < -0.39 is 0 Å². The summed E-state index contributed by atoms with van der Waals surface area (Å²) in [5, 5.41) is 2.78. The Hall–Kier alpha value is -2.15. The van der Waals surface area contributed by atoms with Gasteiger partial charge in [0.2, 0.25) is 0 Å². The first-order chi connectivity index (χ1) is 8.62. The molecule has 0 fully saturated rings. The standard InChI is InChI=1S/C14H18N2O2/c1-4-6-11(5-2)16-14(17)10-7-8-12(15)13(9-10)18-3/h2,7-9,11H,4,6,15H2,1,3H3,(H,16,17). The maximum absolute atomic E-state index is 12.0. The van der Waals surface area contributed by atoms with E-state index in [-0.39, 0.29) is 11.9 Å². The molecule has 1 aromatic rings. The van der Waals surface area contributed by atoms with Crippen LogP contribution in [-0.2, 0) is 0 Å². The van der Waals surface area contributed by atoms with Crippen LogP contribution in [0.25, 0.3) is 0 Å². The molecule has 18 heavy (non-hydrogen) atoms. The summed E-state index contributed by atoms with van der Waals surface area (Å²) in [6.45, 7) is 2.02. The summed E-state index contributed by atoms with van der Waals surface area (Å²) >= 11 is 0. The molecule has 1 unspecified atom stereocenters. The first-order valence-electron chi connectivity index (χ1n) is 5.82. The zero-order valence-electron chi connectivity index (χ0n) is 10.7. The lowest BCUT2D eigenvalue weighted by Crippen LogP contribution is -2.33. The number of nitrogen functional groups attached to an aromatic ring is 1. The molecular formula is C14H18N2O2. The van der Waals surface area contributed by atoms with E-state index in [0.717, 1.165) is 12.8 Å². The van der Waals surface area contributed by atoms with Gasteiger partial charge in [-0.2, -0.15) is 0 Å². The third kappa shape index (κ3) is 3.42. The Bertz CT molecular complexity index is 463. The molecule has 0 heterocycles. The van der Waals surface area contributed by atoms with Crippen molar-refractivity contribution in [2.75, 3.05) is 12.8 Å². The van der Waals surface area contributed by atoms with Crippen LogP contribution in [-0.4, -0.2) is 19.1 Å². The van der Waals surface area contributed by atoms with Crippen molar-refractivity contribution in [2.24, 2.45) is 0 Å². The van der Waals surface area contributed by atoms with E-state index in [1.54, 1.807) is 18.2 Å². The topological polar surface area (TPSA) is 64.4 Å². The number of anilines is 1. The number of amides is 1. The average Bonchev–Trinajstić information content (AvgIpc) is 2.38. The van der Waals surface area contributed by atoms with E-state index in [4.69, 9.17) is 16.9 Å². The Morgan fingerprint density at radius 2 is 2.33 bits per heavy atom. The Balaban J connectivity index is 2.81. The molecule has 0 aromatic heterocycles. The first-order valence-corrected chi connectivity index (χ1v) is 5.82. The second-order valence-corrected chi connectivity index (χ2v) is 3.94. The lowest BCUT2D eigenvalue weighted by molar-refractivity contribution is 0.0944. The van der Waals surface area contributed by atoms with Crippen molar-refractivity contribution >= 4 is 11.6 Å². The van der Waals surface area contributed by atoms with Gasteiger partial charge in [0, 0.05) is 5.56 Å². The van der Waals surface area contributed by atoms with Gasteiger partial charge in [-0.05, 0) is 24.6 Å². The van der Waals surface area contributed by atoms with Crippen LogP contribution in [0.5, 0.6) is 5.75 Å². The van der Waals surface area contributed by atoms with Crippen LogP contribution in [0, 0.1) is 12.3 Å². The molecule has 0 aliphatic rings. The largest absolute Gasteiger partial charge is 0.495 e. The molecule has 96 valence electrons. The molecular weight excluding hydrogens is 228 g/mol. The van der Waals surface area contributed by atoms with Gasteiger partial charge in [-0.3, -0.25) is 4.79 Å². The van der Waals surface area contributed by atoms with Crippen LogP contribution < -0.4 is 15.8 Å². The smallest absolute Gasteiger partial charge is 0.252 e. The van der Waals surface area contributed by atoms with Gasteiger partial charge in [0.25, 0.3) is 5.91 Å². The Morgan fingerprint density at radius 3 is 2.89 bits per heavy atom. The molecule has 1 atom stereocenters. The number of ether oxygens (including phenoxy) is 1. The minimum Gasteiger partial charge on any atom is -0.495 e. The van der Waals surface area contributed by atoms with Gasteiger partial charge in [-0.1, -0.05) is 19.3 Å². The number of rotatable bonds is 5. The summed E-state index contributed by atoms with van der Waals surface area (Å²) in [6.07, 6.45) is 7.03. The van der Waals surface area contributed by atoms with Crippen LogP contribution >= 0.6 is 0 Å². The second-order valence-electron chi connectivity index (χ2n) is 3.94. The van der Waals surface area contributed by atoms with E-state index in [0.29, 0.717) is 17.0 Å². The third-order valence-electron chi connectivity index (χ3n) is 2.58. The molecule has 4 nitrogen and oxygen atoms in total. The van der Waals surface area contributed by atoms with Gasteiger partial charge >= 0.3 is 0 Å². The maximum atomic E-state index is 12.0. The van der Waals surface area contributed by atoms with Crippen molar-refractivity contribution in [1.29, 1.82) is 0 Å². The van der Waals surface area contributed by atoms with Crippen molar-refractivity contribution in [2.45, 2.75) is 25.8 Å². The first kappa shape index (κ1) is 13.9. The summed E-state index contributed by atoms with van der Waals surface area (Å²) in [6, 6.07) is 4.64. The molecule has 0 bridgehead atoms. The van der Waals surface area contributed by atoms with E-state index in [9.17, 15) is 4.79 Å². The van der Waals surface area contributed by atoms with Crippen LogP contribution in [0.4, 0.5) is 5.69 Å². The monoisotopic (exact) mass is 246 g/mol. The minimum atomic E-state index is -0.244. The van der Waals surface area contributed by atoms with E-state index in [1.165, 1.54) is 7.11 Å². The number of nitrogens with one attached hydrogen (secondary N) is 1. The van der Waals surface area contributed by atoms with Crippen LogP contribution in [0.3, 0.4) is 0 Å². The molecule has 1 rings (SSSR count). The number of benzene rings is 1. The third-order valence-corrected chi connectivity index (χ3v) is 2.58. The van der Waals surface area contributed by atoms with Crippen molar-refractivity contribution in [3.05, 3.63) is 23.8 Å². The second kappa shape index (κ2) is 6.55. The van der Waals surface area contributed by atoms with Crippen molar-refractivity contribution in [3.63, 3.8) is 0 Å². The highest BCUT2D eigenvalue weighted by Gasteiger charge is 2.12. The van der Waals surface area contributed by atoms with E-state index >= 15 is 0 Å². The normalized spacial score (nSPS) is 11.4. The number of nitrogens with two attached hydrogens (primary N) is 1. The van der Waals surface area contributed by atoms with Gasteiger partial charge < -0.3 is 15.8 Å². The fraction of sp³-hybridized carbons (Fsp3) is 0.357. The number of hydrogen-bond acceptors (Lipinski definition) is 3. The van der Waals surface area contributed by atoms with Gasteiger partial charge in [-0.15, -0.1) is 6.42 Å². The van der Waals surface area contributed by atoms with Crippen LogP contribution in [0.15, 0.2) is 18.2 Å². The quantitative estimate of drug-likeness (QED) is 0.615. The summed E-state index contributed by atoms with van der Waals surface area (Å²) in [5.74, 6) is 2.82. The molecule has 0 radical (unpaired) electrons. The lowest BCUT2D eigenvalue weighted by Gasteiger charge is -2.13. The van der Waals surface area contributed by atoms with Gasteiger partial charge in [0.05, 0.1) is 18.8 Å². The highest BCUT2D eigenvalue weighted by atomic mass is 16.5. The van der Waals surface area contributed by atoms with Gasteiger partial charge in [-0.25, -0.2) is 0 Å². The Kier molecular flexibility index (Phi) is 5.06. The molecule has 0 saturated heterocycles. The molecule has 4 heteroatoms. The number of carbonyl (C=O) groups excluding carboxylic acids is 1. The number of hydrogen-bond donors (Lipinski definition) is 2. The van der Waals surface area contributed by atoms with Crippen molar-refractivity contribution in [3.8, 4) is 18.1 Å². The average molecular weight is 246 g/mol. The molecule has 0 spiro atoms. The lowest BCUT2D eigenvalue weighted by atomic mass is 10.1. The molecule has 0 aliphatic heterocycles. The van der Waals surface area contributed by atoms with E-state index in [2.05, 4.69) is 11.2 Å². The van der Waals surface area contributed by atoms with Gasteiger partial charge in [0.1, 0.15) is 5.75 Å². The van der Waals surface area contributed by atoms with Crippen molar-refractivity contribution in [1.82, 2.24) is 5.32 Å². The maximum Gasteiger partial charge on any atom is 0.252 e. The SMILES string of the molecule is C#CC(CCC)NC(=O)c1ccc(N)c(OC)c1. The van der Waals surface area contributed by atoms with Crippen molar-refractivity contribution < 1.29 is 9.53 Å². The molecule has 1 aromatic carbocycles. The number of methoxy groups -OCH3 is 1. The van der Waals surface area contributed by atoms with Gasteiger partial charge in [0.15, 0.2) is 0 Å². The highest BCUT2D eigenvalue weighted by Crippen LogP contribution is 2.22. The number of carbonyl (C=O) groups is 1. The predicted octanol–water partition coefficient (Wildman–Crippen LogP) is 1.81. The van der Waals surface area contributed by atoms with E-state index in [1.807, 2.05) is 6.92 Å². The van der Waals surface area contributed by atoms with Crippen LogP contribution in [0.2, 0.25) is 0 Å². The number of terminal acetylenes is 1. The summed E-state index contributed by atoms with van der Waals surface area (Å²) in [4.78, 5) is 12.0.